The van der Waals surface area contributed by atoms with Gasteiger partial charge in [-0.2, -0.15) is 0 Å². The molecule has 0 radical (unpaired) electrons. The van der Waals surface area contributed by atoms with Crippen molar-refractivity contribution >= 4 is 39.0 Å². The molecule has 18 heavy (non-hydrogen) atoms. The van der Waals surface area contributed by atoms with E-state index in [0.717, 1.165) is 4.47 Å². The van der Waals surface area contributed by atoms with Gasteiger partial charge in [-0.3, -0.25) is 4.79 Å². The number of hydrogen-bond donors (Lipinski definition) is 2. The molecule has 0 aliphatic heterocycles. The Morgan fingerprint density at radius 3 is 2.78 bits per heavy atom. The third kappa shape index (κ3) is 4.27. The van der Waals surface area contributed by atoms with Crippen molar-refractivity contribution in [2.75, 3.05) is 7.11 Å². The average molecular weight is 331 g/mol. The van der Waals surface area contributed by atoms with Gasteiger partial charge in [-0.1, -0.05) is 12.2 Å². The number of nitrogens with one attached hydrogen (secondary N) is 1. The molecule has 3 N–H and O–H groups in total. The molecule has 1 rings (SSSR count). The third-order valence-electron chi connectivity index (χ3n) is 2.30. The van der Waals surface area contributed by atoms with Crippen LogP contribution in [0.15, 0.2) is 22.7 Å². The lowest BCUT2D eigenvalue weighted by molar-refractivity contribution is 0.0941. The maximum atomic E-state index is 11.9. The molecular formula is C12H15BrN2O2S. The number of methoxy groups -OCH3 is 1. The molecule has 0 saturated carbocycles. The smallest absolute Gasteiger partial charge is 0.251 e. The molecule has 0 aromatic heterocycles. The highest BCUT2D eigenvalue weighted by Crippen LogP contribution is 2.25. The second-order valence-electron chi connectivity index (χ2n) is 3.89. The SMILES string of the molecule is COc1ccc(C(=O)NC(C)CC(N)=S)cc1Br. The Balaban J connectivity index is 2.72. The van der Waals surface area contributed by atoms with Crippen molar-refractivity contribution in [3.8, 4) is 5.75 Å². The van der Waals surface area contributed by atoms with Gasteiger partial charge in [-0.15, -0.1) is 0 Å². The number of hydrogen-bond acceptors (Lipinski definition) is 3. The standard InChI is InChI=1S/C12H15BrN2O2S/c1-7(5-11(14)18)15-12(16)8-3-4-10(17-2)9(13)6-8/h3-4,6-7H,5H2,1-2H3,(H2,14,18)(H,15,16). The molecule has 98 valence electrons. The summed E-state index contributed by atoms with van der Waals surface area (Å²) in [4.78, 5) is 12.3. The molecular weight excluding hydrogens is 316 g/mol. The third-order valence-corrected chi connectivity index (χ3v) is 3.09. The predicted octanol–water partition coefficient (Wildman–Crippen LogP) is 2.25. The van der Waals surface area contributed by atoms with Gasteiger partial charge in [-0.05, 0) is 41.1 Å². The zero-order valence-corrected chi connectivity index (χ0v) is 12.6. The van der Waals surface area contributed by atoms with Crippen LogP contribution in [0.3, 0.4) is 0 Å². The summed E-state index contributed by atoms with van der Waals surface area (Å²) in [5.74, 6) is 0.518. The van der Waals surface area contributed by atoms with E-state index in [1.54, 1.807) is 25.3 Å². The Morgan fingerprint density at radius 1 is 1.61 bits per heavy atom. The summed E-state index contributed by atoms with van der Waals surface area (Å²) in [5.41, 5.74) is 5.98. The van der Waals surface area contributed by atoms with Crippen LogP contribution in [0.25, 0.3) is 0 Å². The van der Waals surface area contributed by atoms with Crippen LogP contribution in [-0.2, 0) is 0 Å². The van der Waals surface area contributed by atoms with Crippen LogP contribution in [0.5, 0.6) is 5.75 Å². The van der Waals surface area contributed by atoms with E-state index in [0.29, 0.717) is 22.7 Å². The number of carbonyl (C=O) groups is 1. The Bertz CT molecular complexity index is 465. The van der Waals surface area contributed by atoms with Crippen molar-refractivity contribution < 1.29 is 9.53 Å². The maximum Gasteiger partial charge on any atom is 0.251 e. The lowest BCUT2D eigenvalue weighted by Gasteiger charge is -2.13. The predicted molar refractivity (Wildman–Crippen MR) is 79.0 cm³/mol. The van der Waals surface area contributed by atoms with Crippen molar-refractivity contribution in [2.45, 2.75) is 19.4 Å². The van der Waals surface area contributed by atoms with Gasteiger partial charge in [0.2, 0.25) is 0 Å². The highest BCUT2D eigenvalue weighted by molar-refractivity contribution is 9.10. The molecule has 6 heteroatoms. The number of rotatable bonds is 5. The zero-order valence-electron chi connectivity index (χ0n) is 10.2. The van der Waals surface area contributed by atoms with Crippen molar-refractivity contribution in [1.82, 2.24) is 5.32 Å². The molecule has 0 fully saturated rings. The molecule has 0 spiro atoms. The van der Waals surface area contributed by atoms with E-state index in [4.69, 9.17) is 22.7 Å². The molecule has 1 unspecified atom stereocenters. The minimum atomic E-state index is -0.165. The Morgan fingerprint density at radius 2 is 2.28 bits per heavy atom. The summed E-state index contributed by atoms with van der Waals surface area (Å²) in [7, 11) is 1.57. The van der Waals surface area contributed by atoms with E-state index in [2.05, 4.69) is 21.2 Å². The quantitative estimate of drug-likeness (QED) is 0.813. The van der Waals surface area contributed by atoms with E-state index in [1.807, 2.05) is 6.92 Å². The lowest BCUT2D eigenvalue weighted by atomic mass is 10.1. The van der Waals surface area contributed by atoms with Crippen LogP contribution in [0.4, 0.5) is 0 Å². The molecule has 0 saturated heterocycles. The number of nitrogens with two attached hydrogens (primary N) is 1. The first-order valence-corrected chi connectivity index (χ1v) is 6.57. The largest absolute Gasteiger partial charge is 0.496 e. The Labute approximate surface area is 120 Å². The van der Waals surface area contributed by atoms with E-state index in [-0.39, 0.29) is 11.9 Å². The van der Waals surface area contributed by atoms with Gasteiger partial charge in [0.15, 0.2) is 0 Å². The second kappa shape index (κ2) is 6.70. The van der Waals surface area contributed by atoms with Gasteiger partial charge in [0.25, 0.3) is 5.91 Å². The average Bonchev–Trinajstić information content (AvgIpc) is 2.27. The molecule has 1 aromatic rings. The van der Waals surface area contributed by atoms with E-state index >= 15 is 0 Å². The number of carbonyl (C=O) groups excluding carboxylic acids is 1. The summed E-state index contributed by atoms with van der Waals surface area (Å²) >= 11 is 8.13. The molecule has 0 heterocycles. The topological polar surface area (TPSA) is 64.3 Å². The fourth-order valence-corrected chi connectivity index (χ4v) is 2.26. The van der Waals surface area contributed by atoms with Gasteiger partial charge in [0, 0.05) is 18.0 Å². The monoisotopic (exact) mass is 330 g/mol. The molecule has 1 atom stereocenters. The van der Waals surface area contributed by atoms with Crippen LogP contribution < -0.4 is 15.8 Å². The van der Waals surface area contributed by atoms with Gasteiger partial charge in [-0.25, -0.2) is 0 Å². The van der Waals surface area contributed by atoms with Crippen molar-refractivity contribution in [3.63, 3.8) is 0 Å². The summed E-state index contributed by atoms with van der Waals surface area (Å²) in [5, 5.41) is 2.82. The number of amides is 1. The number of halogens is 1. The maximum absolute atomic E-state index is 11.9. The van der Waals surface area contributed by atoms with Crippen LogP contribution in [-0.4, -0.2) is 24.0 Å². The summed E-state index contributed by atoms with van der Waals surface area (Å²) in [6.07, 6.45) is 0.485. The fraction of sp³-hybridized carbons (Fsp3) is 0.333. The van der Waals surface area contributed by atoms with Gasteiger partial charge < -0.3 is 15.8 Å². The molecule has 1 aromatic carbocycles. The molecule has 4 nitrogen and oxygen atoms in total. The summed E-state index contributed by atoms with van der Waals surface area (Å²) in [6, 6.07) is 5.06. The van der Waals surface area contributed by atoms with Gasteiger partial charge in [0.1, 0.15) is 5.75 Å². The van der Waals surface area contributed by atoms with Crippen molar-refractivity contribution in [3.05, 3.63) is 28.2 Å². The van der Waals surface area contributed by atoms with E-state index < -0.39 is 0 Å². The highest BCUT2D eigenvalue weighted by Gasteiger charge is 2.12. The number of thiocarbonyl (C=S) groups is 1. The van der Waals surface area contributed by atoms with Crippen molar-refractivity contribution in [1.29, 1.82) is 0 Å². The first kappa shape index (κ1) is 14.9. The summed E-state index contributed by atoms with van der Waals surface area (Å²) < 4.78 is 5.84. The Kier molecular flexibility index (Phi) is 5.55. The Hall–Kier alpha value is -1.14. The van der Waals surface area contributed by atoms with Crippen LogP contribution >= 0.6 is 28.1 Å². The van der Waals surface area contributed by atoms with Gasteiger partial charge >= 0.3 is 0 Å². The van der Waals surface area contributed by atoms with Gasteiger partial charge in [0.05, 0.1) is 16.6 Å². The van der Waals surface area contributed by atoms with Crippen LogP contribution in [0.2, 0.25) is 0 Å². The molecule has 0 aliphatic carbocycles. The minimum absolute atomic E-state index is 0.0872. The fourth-order valence-electron chi connectivity index (χ4n) is 1.47. The molecule has 0 aliphatic rings. The van der Waals surface area contributed by atoms with Crippen LogP contribution in [0.1, 0.15) is 23.7 Å². The minimum Gasteiger partial charge on any atom is -0.496 e. The first-order valence-electron chi connectivity index (χ1n) is 5.36. The van der Waals surface area contributed by atoms with E-state index in [1.165, 1.54) is 0 Å². The highest BCUT2D eigenvalue weighted by atomic mass is 79.9. The zero-order chi connectivity index (χ0) is 13.7. The summed E-state index contributed by atoms with van der Waals surface area (Å²) in [6.45, 7) is 1.86. The first-order chi connectivity index (χ1) is 8.43. The van der Waals surface area contributed by atoms with Crippen molar-refractivity contribution in [2.24, 2.45) is 5.73 Å². The normalized spacial score (nSPS) is 11.7. The number of benzene rings is 1. The number of ether oxygens (including phenoxy) is 1. The second-order valence-corrected chi connectivity index (χ2v) is 5.27. The van der Waals surface area contributed by atoms with E-state index in [9.17, 15) is 4.79 Å². The van der Waals surface area contributed by atoms with Crippen LogP contribution in [0, 0.1) is 0 Å². The molecule has 1 amide bonds. The lowest BCUT2D eigenvalue weighted by Crippen LogP contribution is -2.35. The molecule has 0 bridgehead atoms.